The summed E-state index contributed by atoms with van der Waals surface area (Å²) in [7, 11) is 0. The normalized spacial score (nSPS) is 11.1. The summed E-state index contributed by atoms with van der Waals surface area (Å²) >= 11 is 12.3. The molecule has 1 N–H and O–H groups in total. The number of nitrogens with one attached hydrogen (secondary N) is 1. The number of hydrogen-bond acceptors (Lipinski definition) is 4. The molecular formula is C22H12Cl2F5N3O3. The minimum absolute atomic E-state index is 0.0272. The van der Waals surface area contributed by atoms with E-state index < -0.39 is 47.3 Å². The summed E-state index contributed by atoms with van der Waals surface area (Å²) in [5.41, 5.74) is 0.774. The lowest BCUT2D eigenvalue weighted by Crippen LogP contribution is -2.12. The van der Waals surface area contributed by atoms with E-state index in [0.717, 1.165) is 5.56 Å². The van der Waals surface area contributed by atoms with Gasteiger partial charge in [0.25, 0.3) is 5.91 Å². The van der Waals surface area contributed by atoms with E-state index in [-0.39, 0.29) is 28.9 Å². The molecule has 2 aromatic heterocycles. The maximum atomic E-state index is 13.7. The molecule has 0 fully saturated rings. The Morgan fingerprint density at radius 1 is 0.943 bits per heavy atom. The van der Waals surface area contributed by atoms with Gasteiger partial charge in [0.2, 0.25) is 29.1 Å². The van der Waals surface area contributed by atoms with Crippen LogP contribution in [0.5, 0.6) is 5.75 Å². The second-order valence-electron chi connectivity index (χ2n) is 7.02. The summed E-state index contributed by atoms with van der Waals surface area (Å²) in [6.45, 7) is -0.436. The first-order valence-electron chi connectivity index (χ1n) is 9.66. The zero-order chi connectivity index (χ0) is 25.3. The first kappa shape index (κ1) is 24.6. The van der Waals surface area contributed by atoms with Gasteiger partial charge in [0.15, 0.2) is 17.3 Å². The summed E-state index contributed by atoms with van der Waals surface area (Å²) in [6.07, 6.45) is 1.48. The third-order valence-corrected chi connectivity index (χ3v) is 5.30. The Labute approximate surface area is 203 Å². The number of carbonyl (C=O) groups excluding carboxylic acids is 1. The maximum Gasteiger partial charge on any atom is 0.292 e. The highest BCUT2D eigenvalue weighted by molar-refractivity contribution is 6.33. The largest absolute Gasteiger partial charge is 0.479 e. The Balaban J connectivity index is 1.42. The van der Waals surface area contributed by atoms with Crippen molar-refractivity contribution in [1.82, 2.24) is 9.78 Å². The van der Waals surface area contributed by atoms with E-state index in [1.54, 1.807) is 24.3 Å². The molecule has 0 aliphatic carbocycles. The van der Waals surface area contributed by atoms with Gasteiger partial charge in [-0.25, -0.2) is 13.2 Å². The SMILES string of the molecule is O=C(Nc1nn(Cc2ccccc2Cl)cc1Cl)c1ccc(COc2c(F)c(F)c(F)c(F)c2F)o1. The topological polar surface area (TPSA) is 69.3 Å². The number of hydrogen-bond donors (Lipinski definition) is 1. The van der Waals surface area contributed by atoms with Crippen molar-refractivity contribution in [2.24, 2.45) is 0 Å². The molecule has 2 aromatic carbocycles. The number of anilines is 1. The standard InChI is InChI=1S/C22H12Cl2F5N3O3/c23-12-4-2-1-3-10(12)7-32-8-13(24)21(31-32)30-22(33)14-6-5-11(35-14)9-34-20-18(28)16(26)15(25)17(27)19(20)29/h1-6,8H,7,9H2,(H,30,31,33). The van der Waals surface area contributed by atoms with Crippen LogP contribution in [0.2, 0.25) is 10.0 Å². The van der Waals surface area contributed by atoms with Crippen molar-refractivity contribution >= 4 is 34.9 Å². The van der Waals surface area contributed by atoms with Gasteiger partial charge in [0.1, 0.15) is 17.4 Å². The zero-order valence-corrected chi connectivity index (χ0v) is 18.7. The Hall–Kier alpha value is -3.57. The number of nitrogens with zero attached hydrogens (tertiary/aromatic N) is 2. The number of amides is 1. The van der Waals surface area contributed by atoms with Crippen molar-refractivity contribution < 1.29 is 35.9 Å². The van der Waals surface area contributed by atoms with Crippen LogP contribution in [-0.4, -0.2) is 15.7 Å². The lowest BCUT2D eigenvalue weighted by molar-refractivity contribution is 0.0991. The van der Waals surface area contributed by atoms with Crippen LogP contribution in [0.25, 0.3) is 0 Å². The van der Waals surface area contributed by atoms with E-state index in [1.807, 2.05) is 0 Å². The van der Waals surface area contributed by atoms with Crippen LogP contribution < -0.4 is 10.1 Å². The Bertz CT molecular complexity index is 1390. The van der Waals surface area contributed by atoms with E-state index in [2.05, 4.69) is 10.4 Å². The lowest BCUT2D eigenvalue weighted by Gasteiger charge is -2.09. The molecule has 0 saturated carbocycles. The van der Waals surface area contributed by atoms with Crippen LogP contribution >= 0.6 is 23.2 Å². The van der Waals surface area contributed by atoms with Crippen molar-refractivity contribution in [3.05, 3.63) is 98.8 Å². The first-order chi connectivity index (χ1) is 16.7. The average molecular weight is 532 g/mol. The van der Waals surface area contributed by atoms with E-state index in [0.29, 0.717) is 5.02 Å². The Morgan fingerprint density at radius 3 is 2.29 bits per heavy atom. The van der Waals surface area contributed by atoms with Crippen molar-refractivity contribution in [2.75, 3.05) is 5.32 Å². The number of ether oxygens (including phenoxy) is 1. The van der Waals surface area contributed by atoms with Gasteiger partial charge in [0, 0.05) is 11.2 Å². The fourth-order valence-electron chi connectivity index (χ4n) is 2.97. The fraction of sp³-hybridized carbons (Fsp3) is 0.0909. The van der Waals surface area contributed by atoms with Gasteiger partial charge in [-0.2, -0.15) is 13.9 Å². The third kappa shape index (κ3) is 5.10. The van der Waals surface area contributed by atoms with Crippen LogP contribution in [0.15, 0.2) is 47.0 Å². The Kier molecular flexibility index (Phi) is 6.99. The van der Waals surface area contributed by atoms with Crippen LogP contribution in [-0.2, 0) is 13.2 Å². The van der Waals surface area contributed by atoms with Gasteiger partial charge in [0.05, 0.1) is 6.54 Å². The number of carbonyl (C=O) groups is 1. The number of furan rings is 1. The van der Waals surface area contributed by atoms with E-state index in [1.165, 1.54) is 23.0 Å². The number of rotatable bonds is 7. The highest BCUT2D eigenvalue weighted by Gasteiger charge is 2.27. The molecular weight excluding hydrogens is 520 g/mol. The predicted octanol–water partition coefficient (Wildman–Crippen LogP) is 6.36. The number of aromatic nitrogens is 2. The highest BCUT2D eigenvalue weighted by atomic mass is 35.5. The lowest BCUT2D eigenvalue weighted by atomic mass is 10.2. The molecule has 1 amide bonds. The van der Waals surface area contributed by atoms with E-state index in [4.69, 9.17) is 32.4 Å². The molecule has 0 radical (unpaired) electrons. The van der Waals surface area contributed by atoms with Crippen LogP contribution in [0.4, 0.5) is 27.8 Å². The predicted molar refractivity (Wildman–Crippen MR) is 115 cm³/mol. The van der Waals surface area contributed by atoms with Crippen LogP contribution in [0, 0.1) is 29.1 Å². The molecule has 4 rings (SSSR count). The van der Waals surface area contributed by atoms with Gasteiger partial charge >= 0.3 is 0 Å². The van der Waals surface area contributed by atoms with Gasteiger partial charge in [-0.3, -0.25) is 9.48 Å². The van der Waals surface area contributed by atoms with Gasteiger partial charge in [-0.1, -0.05) is 41.4 Å². The van der Waals surface area contributed by atoms with E-state index in [9.17, 15) is 26.7 Å². The molecule has 35 heavy (non-hydrogen) atoms. The van der Waals surface area contributed by atoms with Gasteiger partial charge < -0.3 is 14.5 Å². The van der Waals surface area contributed by atoms with Crippen molar-refractivity contribution in [3.63, 3.8) is 0 Å². The molecule has 13 heteroatoms. The molecule has 4 aromatic rings. The van der Waals surface area contributed by atoms with Crippen molar-refractivity contribution in [2.45, 2.75) is 13.2 Å². The number of benzene rings is 2. The van der Waals surface area contributed by atoms with Crippen LogP contribution in [0.3, 0.4) is 0 Å². The molecule has 182 valence electrons. The Morgan fingerprint density at radius 2 is 1.60 bits per heavy atom. The summed E-state index contributed by atoms with van der Waals surface area (Å²) in [5.74, 6) is -13.5. The molecule has 0 spiro atoms. The first-order valence-corrected chi connectivity index (χ1v) is 10.4. The van der Waals surface area contributed by atoms with Crippen molar-refractivity contribution in [1.29, 1.82) is 0 Å². The average Bonchev–Trinajstić information content (AvgIpc) is 3.44. The fourth-order valence-corrected chi connectivity index (χ4v) is 3.36. The molecule has 0 atom stereocenters. The molecule has 0 bridgehead atoms. The van der Waals surface area contributed by atoms with Gasteiger partial charge in [-0.15, -0.1) is 0 Å². The second-order valence-corrected chi connectivity index (χ2v) is 7.84. The molecule has 0 saturated heterocycles. The molecule has 2 heterocycles. The molecule has 0 unspecified atom stereocenters. The summed E-state index contributed by atoms with van der Waals surface area (Å²) in [6, 6.07) is 9.53. The van der Waals surface area contributed by atoms with Crippen LogP contribution in [0.1, 0.15) is 21.9 Å². The summed E-state index contributed by atoms with van der Waals surface area (Å²) < 4.78 is 78.5. The van der Waals surface area contributed by atoms with Gasteiger partial charge in [-0.05, 0) is 23.8 Å². The van der Waals surface area contributed by atoms with E-state index >= 15 is 0 Å². The molecule has 0 aliphatic rings. The number of halogens is 7. The zero-order valence-electron chi connectivity index (χ0n) is 17.2. The van der Waals surface area contributed by atoms with Crippen molar-refractivity contribution in [3.8, 4) is 5.75 Å². The monoisotopic (exact) mass is 531 g/mol. The quantitative estimate of drug-likeness (QED) is 0.171. The smallest absolute Gasteiger partial charge is 0.292 e. The minimum Gasteiger partial charge on any atom is -0.479 e. The maximum absolute atomic E-state index is 13.7. The summed E-state index contributed by atoms with van der Waals surface area (Å²) in [4.78, 5) is 12.5. The summed E-state index contributed by atoms with van der Waals surface area (Å²) in [5, 5.41) is 7.28. The molecule has 0 aliphatic heterocycles. The third-order valence-electron chi connectivity index (χ3n) is 4.65. The second kappa shape index (κ2) is 9.96. The minimum atomic E-state index is -2.31. The molecule has 6 nitrogen and oxygen atoms in total. The highest BCUT2D eigenvalue weighted by Crippen LogP contribution is 2.30.